The summed E-state index contributed by atoms with van der Waals surface area (Å²) in [6.45, 7) is 1.93. The second kappa shape index (κ2) is 4.05. The van der Waals surface area contributed by atoms with Gasteiger partial charge in [-0.1, -0.05) is 6.92 Å². The van der Waals surface area contributed by atoms with Crippen molar-refractivity contribution < 1.29 is 13.3 Å². The lowest BCUT2D eigenvalue weighted by molar-refractivity contribution is 0.255. The molecule has 0 heterocycles. The molecule has 42 valence electrons. The van der Waals surface area contributed by atoms with Gasteiger partial charge < -0.3 is 4.65 Å². The summed E-state index contributed by atoms with van der Waals surface area (Å²) in [5, 5.41) is 0. The highest BCUT2D eigenvalue weighted by Gasteiger charge is 2.12. The van der Waals surface area contributed by atoms with Gasteiger partial charge in [-0.2, -0.15) is 0 Å². The van der Waals surface area contributed by atoms with E-state index in [1.807, 2.05) is 0 Å². The molecule has 0 aliphatic rings. The lowest BCUT2D eigenvalue weighted by atomic mass is 10.3. The van der Waals surface area contributed by atoms with E-state index in [1.54, 1.807) is 6.92 Å². The number of rotatable bonds is 3. The van der Waals surface area contributed by atoms with E-state index in [0.29, 0.717) is 6.42 Å². The molecule has 0 spiro atoms. The van der Waals surface area contributed by atoms with Gasteiger partial charge in [0.25, 0.3) is 0 Å². The molecule has 0 aromatic rings. The minimum atomic E-state index is -2.60. The van der Waals surface area contributed by atoms with Gasteiger partial charge in [-0.3, -0.25) is 8.63 Å². The first-order valence-electron chi connectivity index (χ1n) is 2.17. The van der Waals surface area contributed by atoms with Crippen molar-refractivity contribution in [2.24, 2.45) is 0 Å². The average Bonchev–Trinajstić information content (AvgIpc) is 1.61. The first kappa shape index (κ1) is 6.88. The molecule has 0 aliphatic carbocycles. The first-order valence-corrected chi connectivity index (χ1v) is 2.17. The topological polar surface area (TPSA) is 9.23 Å². The van der Waals surface area contributed by atoms with Crippen LogP contribution in [0.2, 0.25) is 0 Å². The van der Waals surface area contributed by atoms with Crippen LogP contribution in [0.3, 0.4) is 0 Å². The molecule has 0 aliphatic heterocycles. The standard InChI is InChI=1S/C3H7BF2O/c1-2-3-7-4(5)6/h2-3H2,1H3. The van der Waals surface area contributed by atoms with Crippen LogP contribution in [0, 0.1) is 0 Å². The summed E-state index contributed by atoms with van der Waals surface area (Å²) in [7, 11) is -2.60. The van der Waals surface area contributed by atoms with Gasteiger partial charge in [0, 0.05) is 6.61 Å². The van der Waals surface area contributed by atoms with E-state index in [2.05, 4.69) is 4.65 Å². The van der Waals surface area contributed by atoms with Crippen molar-refractivity contribution in [1.29, 1.82) is 0 Å². The number of halogens is 2. The highest BCUT2D eigenvalue weighted by molar-refractivity contribution is 6.34. The lowest BCUT2D eigenvalue weighted by Gasteiger charge is -1.91. The van der Waals surface area contributed by atoms with Crippen molar-refractivity contribution in [2.45, 2.75) is 13.3 Å². The van der Waals surface area contributed by atoms with Crippen molar-refractivity contribution in [3.05, 3.63) is 0 Å². The number of hydrogen-bond acceptors (Lipinski definition) is 1. The maximum absolute atomic E-state index is 11.0. The molecular formula is C3H7BF2O. The molecule has 0 saturated carbocycles. The molecule has 7 heavy (non-hydrogen) atoms. The normalized spacial score (nSPS) is 9.00. The Morgan fingerprint density at radius 2 is 2.14 bits per heavy atom. The molecule has 0 bridgehead atoms. The molecular weight excluding hydrogens is 101 g/mol. The van der Waals surface area contributed by atoms with Crippen molar-refractivity contribution in [2.75, 3.05) is 6.61 Å². The molecule has 0 radical (unpaired) electrons. The summed E-state index contributed by atoms with van der Waals surface area (Å²) in [4.78, 5) is 0. The van der Waals surface area contributed by atoms with Crippen LogP contribution < -0.4 is 0 Å². The third-order valence-electron chi connectivity index (χ3n) is 0.448. The highest BCUT2D eigenvalue weighted by atomic mass is 19.2. The predicted octanol–water partition coefficient (Wildman–Crippen LogP) is 1.34. The van der Waals surface area contributed by atoms with Gasteiger partial charge >= 0.3 is 7.47 Å². The Hall–Kier alpha value is -0.115. The highest BCUT2D eigenvalue weighted by Crippen LogP contribution is 1.88. The molecule has 1 nitrogen and oxygen atoms in total. The largest absolute Gasteiger partial charge is 0.721 e. The van der Waals surface area contributed by atoms with Crippen LogP contribution in [-0.4, -0.2) is 14.1 Å². The van der Waals surface area contributed by atoms with Crippen LogP contribution in [0.1, 0.15) is 13.3 Å². The average molecular weight is 108 g/mol. The van der Waals surface area contributed by atoms with Crippen molar-refractivity contribution in [3.63, 3.8) is 0 Å². The molecule has 0 aromatic heterocycles. The van der Waals surface area contributed by atoms with Gasteiger partial charge in [-0.15, -0.1) is 0 Å². The third-order valence-corrected chi connectivity index (χ3v) is 0.448. The van der Waals surface area contributed by atoms with Crippen LogP contribution in [0.4, 0.5) is 8.63 Å². The summed E-state index contributed by atoms with van der Waals surface area (Å²) >= 11 is 0. The van der Waals surface area contributed by atoms with E-state index in [4.69, 9.17) is 0 Å². The monoisotopic (exact) mass is 108 g/mol. The van der Waals surface area contributed by atoms with Gasteiger partial charge in [0.05, 0.1) is 0 Å². The molecule has 0 N–H and O–H groups in total. The van der Waals surface area contributed by atoms with Gasteiger partial charge in [-0.05, 0) is 6.42 Å². The second-order valence-electron chi connectivity index (χ2n) is 1.13. The van der Waals surface area contributed by atoms with E-state index >= 15 is 0 Å². The van der Waals surface area contributed by atoms with Crippen LogP contribution in [0.5, 0.6) is 0 Å². The Labute approximate surface area is 41.9 Å². The fourth-order valence-electron chi connectivity index (χ4n) is 0.207. The van der Waals surface area contributed by atoms with Gasteiger partial charge in [0.2, 0.25) is 0 Å². The number of hydrogen-bond donors (Lipinski definition) is 0. The van der Waals surface area contributed by atoms with Crippen LogP contribution >= 0.6 is 0 Å². The molecule has 0 amide bonds. The van der Waals surface area contributed by atoms with Crippen LogP contribution in [-0.2, 0) is 4.65 Å². The van der Waals surface area contributed by atoms with Crippen LogP contribution in [0.15, 0.2) is 0 Å². The van der Waals surface area contributed by atoms with E-state index in [9.17, 15) is 8.63 Å². The van der Waals surface area contributed by atoms with Gasteiger partial charge in [-0.25, -0.2) is 0 Å². The summed E-state index contributed by atoms with van der Waals surface area (Å²) in [5.41, 5.74) is 0. The van der Waals surface area contributed by atoms with Gasteiger partial charge in [0.1, 0.15) is 0 Å². The quantitative estimate of drug-likeness (QED) is 0.495. The van der Waals surface area contributed by atoms with E-state index in [0.717, 1.165) is 0 Å². The lowest BCUT2D eigenvalue weighted by Crippen LogP contribution is -2.04. The van der Waals surface area contributed by atoms with E-state index in [1.165, 1.54) is 0 Å². The fraction of sp³-hybridized carbons (Fsp3) is 1.00. The minimum Gasteiger partial charge on any atom is -0.379 e. The Balaban J connectivity index is 2.68. The Kier molecular flexibility index (Phi) is 3.99. The Bertz CT molecular complexity index is 41.9. The van der Waals surface area contributed by atoms with E-state index in [-0.39, 0.29) is 6.61 Å². The smallest absolute Gasteiger partial charge is 0.379 e. The molecule has 0 atom stereocenters. The predicted molar refractivity (Wildman–Crippen MR) is 24.2 cm³/mol. The molecule has 0 aromatic carbocycles. The third kappa shape index (κ3) is 5.88. The summed E-state index contributed by atoms with van der Waals surface area (Å²) in [6, 6.07) is 0. The summed E-state index contributed by atoms with van der Waals surface area (Å²) in [5.74, 6) is 0. The Morgan fingerprint density at radius 1 is 1.57 bits per heavy atom. The van der Waals surface area contributed by atoms with Gasteiger partial charge in [0.15, 0.2) is 0 Å². The van der Waals surface area contributed by atoms with Crippen molar-refractivity contribution in [1.82, 2.24) is 0 Å². The zero-order chi connectivity index (χ0) is 5.70. The fourth-order valence-corrected chi connectivity index (χ4v) is 0.207. The van der Waals surface area contributed by atoms with Crippen molar-refractivity contribution in [3.8, 4) is 0 Å². The molecule has 0 unspecified atom stereocenters. The zero-order valence-corrected chi connectivity index (χ0v) is 4.16. The SMILES string of the molecule is CCCOB(F)F. The van der Waals surface area contributed by atoms with Crippen LogP contribution in [0.25, 0.3) is 0 Å². The minimum absolute atomic E-state index is 0.150. The first-order chi connectivity index (χ1) is 3.27. The second-order valence-corrected chi connectivity index (χ2v) is 1.13. The maximum atomic E-state index is 11.0. The molecule has 0 saturated heterocycles. The maximum Gasteiger partial charge on any atom is 0.721 e. The van der Waals surface area contributed by atoms with Crippen molar-refractivity contribution >= 4 is 7.47 Å². The van der Waals surface area contributed by atoms with E-state index < -0.39 is 7.47 Å². The molecule has 0 fully saturated rings. The Morgan fingerprint density at radius 3 is 2.29 bits per heavy atom. The molecule has 4 heteroatoms. The molecule has 0 rings (SSSR count). The zero-order valence-electron chi connectivity index (χ0n) is 4.16. The summed E-state index contributed by atoms with van der Waals surface area (Å²) in [6.07, 6.45) is 0.643. The summed E-state index contributed by atoms with van der Waals surface area (Å²) < 4.78 is 25.9.